The van der Waals surface area contributed by atoms with E-state index < -0.39 is 18.0 Å². The maximum atomic E-state index is 11.8. The Balaban J connectivity index is 3.26. The van der Waals surface area contributed by atoms with Crippen molar-refractivity contribution in [2.45, 2.75) is 128 Å². The SMILES string of the molecule is O=C(O)CCCCCCCCCCCCCCCCC(=O)NCCCC[C@H](NI)C(=O)O. The van der Waals surface area contributed by atoms with Crippen molar-refractivity contribution in [3.8, 4) is 0 Å². The molecule has 0 aliphatic rings. The molecule has 1 amide bonds. The molecular weight excluding hydrogens is 523 g/mol. The van der Waals surface area contributed by atoms with Gasteiger partial charge in [0.1, 0.15) is 6.04 Å². The first-order valence-corrected chi connectivity index (χ1v) is 13.6. The normalized spacial score (nSPS) is 11.9. The van der Waals surface area contributed by atoms with E-state index in [0.29, 0.717) is 25.8 Å². The van der Waals surface area contributed by atoms with Crippen LogP contribution in [0.5, 0.6) is 0 Å². The molecule has 0 heterocycles. The Morgan fingerprint density at radius 2 is 1.06 bits per heavy atom. The van der Waals surface area contributed by atoms with Gasteiger partial charge in [-0.1, -0.05) is 77.0 Å². The van der Waals surface area contributed by atoms with Crippen molar-refractivity contribution in [3.63, 3.8) is 0 Å². The van der Waals surface area contributed by atoms with Gasteiger partial charge in [0.25, 0.3) is 0 Å². The topological polar surface area (TPSA) is 116 Å². The number of halogens is 1. The van der Waals surface area contributed by atoms with Gasteiger partial charge in [0, 0.05) is 42.3 Å². The number of carboxylic acids is 2. The zero-order valence-electron chi connectivity index (χ0n) is 19.7. The number of amides is 1. The molecule has 0 radical (unpaired) electrons. The molecule has 0 aliphatic heterocycles. The summed E-state index contributed by atoms with van der Waals surface area (Å²) in [4.78, 5) is 33.1. The monoisotopic (exact) mass is 568 g/mol. The van der Waals surface area contributed by atoms with E-state index in [1.165, 1.54) is 57.8 Å². The van der Waals surface area contributed by atoms with Crippen LogP contribution in [0, 0.1) is 0 Å². The highest BCUT2D eigenvalue weighted by Gasteiger charge is 2.14. The Morgan fingerprint density at radius 1 is 0.625 bits per heavy atom. The van der Waals surface area contributed by atoms with Crippen LogP contribution in [0.15, 0.2) is 0 Å². The highest BCUT2D eigenvalue weighted by atomic mass is 127. The summed E-state index contributed by atoms with van der Waals surface area (Å²) in [5.74, 6) is -1.41. The lowest BCUT2D eigenvalue weighted by Gasteiger charge is -2.09. The van der Waals surface area contributed by atoms with Crippen LogP contribution in [-0.2, 0) is 14.4 Å². The van der Waals surface area contributed by atoms with Gasteiger partial charge in [0.15, 0.2) is 0 Å². The number of aliphatic carboxylic acids is 2. The number of hydrogen-bond acceptors (Lipinski definition) is 4. The lowest BCUT2D eigenvalue weighted by Crippen LogP contribution is -2.30. The molecule has 188 valence electrons. The lowest BCUT2D eigenvalue weighted by molar-refractivity contribution is -0.139. The number of hydrogen-bond donors (Lipinski definition) is 4. The fourth-order valence-corrected chi connectivity index (χ4v) is 4.28. The van der Waals surface area contributed by atoms with Crippen LogP contribution >= 0.6 is 22.9 Å². The average Bonchev–Trinajstić information content (AvgIpc) is 2.75. The molecule has 0 saturated heterocycles. The Bertz CT molecular complexity index is 491. The van der Waals surface area contributed by atoms with E-state index in [0.717, 1.165) is 44.9 Å². The minimum atomic E-state index is -0.832. The first kappa shape index (κ1) is 31.1. The van der Waals surface area contributed by atoms with Gasteiger partial charge in [0.05, 0.1) is 0 Å². The van der Waals surface area contributed by atoms with Gasteiger partial charge < -0.3 is 15.5 Å². The molecule has 0 unspecified atom stereocenters. The Morgan fingerprint density at radius 3 is 1.47 bits per heavy atom. The van der Waals surface area contributed by atoms with Crippen LogP contribution in [0.25, 0.3) is 0 Å². The van der Waals surface area contributed by atoms with Crippen LogP contribution in [-0.4, -0.2) is 40.6 Å². The van der Waals surface area contributed by atoms with Crippen molar-refractivity contribution in [2.24, 2.45) is 0 Å². The molecule has 0 aromatic heterocycles. The molecule has 32 heavy (non-hydrogen) atoms. The second kappa shape index (κ2) is 23.3. The average molecular weight is 569 g/mol. The summed E-state index contributed by atoms with van der Waals surface area (Å²) >= 11 is 1.86. The van der Waals surface area contributed by atoms with E-state index in [-0.39, 0.29) is 5.91 Å². The second-order valence-corrected chi connectivity index (χ2v) is 9.31. The molecule has 0 bridgehead atoms. The summed E-state index contributed by atoms with van der Waals surface area (Å²) in [6.45, 7) is 0.622. The third-order valence-electron chi connectivity index (χ3n) is 5.72. The van der Waals surface area contributed by atoms with E-state index in [4.69, 9.17) is 10.2 Å². The first-order chi connectivity index (χ1) is 15.5. The van der Waals surface area contributed by atoms with Gasteiger partial charge in [0.2, 0.25) is 5.91 Å². The molecule has 0 aliphatic carbocycles. The molecule has 0 fully saturated rings. The third kappa shape index (κ3) is 22.3. The van der Waals surface area contributed by atoms with Crippen molar-refractivity contribution >= 4 is 40.7 Å². The fourth-order valence-electron chi connectivity index (χ4n) is 3.70. The van der Waals surface area contributed by atoms with Gasteiger partial charge in [-0.15, -0.1) is 0 Å². The highest BCUT2D eigenvalue weighted by molar-refractivity contribution is 14.1. The summed E-state index contributed by atoms with van der Waals surface area (Å²) in [7, 11) is 0. The summed E-state index contributed by atoms with van der Waals surface area (Å²) in [5, 5.41) is 20.5. The van der Waals surface area contributed by atoms with Crippen molar-refractivity contribution in [3.05, 3.63) is 0 Å². The van der Waals surface area contributed by atoms with Crippen LogP contribution < -0.4 is 8.85 Å². The number of carboxylic acid groups (broad SMARTS) is 2. The number of rotatable bonds is 24. The van der Waals surface area contributed by atoms with Crippen LogP contribution in [0.4, 0.5) is 0 Å². The van der Waals surface area contributed by atoms with Gasteiger partial charge in [-0.2, -0.15) is 0 Å². The van der Waals surface area contributed by atoms with Crippen molar-refractivity contribution in [1.29, 1.82) is 0 Å². The van der Waals surface area contributed by atoms with E-state index in [9.17, 15) is 14.4 Å². The zero-order chi connectivity index (χ0) is 23.9. The molecule has 7 nitrogen and oxygen atoms in total. The smallest absolute Gasteiger partial charge is 0.321 e. The molecule has 0 aromatic carbocycles. The molecular formula is C24H45IN2O5. The van der Waals surface area contributed by atoms with E-state index in [1.807, 2.05) is 22.9 Å². The predicted octanol–water partition coefficient (Wildman–Crippen LogP) is 5.99. The van der Waals surface area contributed by atoms with Gasteiger partial charge in [-0.3, -0.25) is 14.4 Å². The van der Waals surface area contributed by atoms with Crippen LogP contribution in [0.3, 0.4) is 0 Å². The standard InChI is InChI=1S/C24H45IN2O5/c25-27-21(24(31)32)17-15-16-20-26-22(28)18-13-11-9-7-5-3-1-2-4-6-8-10-12-14-19-23(29)30/h21,27H,1-20H2,(H,26,28)(H,29,30)(H,31,32)/t21-/m0/s1. The summed E-state index contributed by atoms with van der Waals surface area (Å²) in [5.41, 5.74) is 0. The molecule has 0 aromatic rings. The van der Waals surface area contributed by atoms with Crippen LogP contribution in [0.2, 0.25) is 0 Å². The highest BCUT2D eigenvalue weighted by Crippen LogP contribution is 2.13. The van der Waals surface area contributed by atoms with Crippen molar-refractivity contribution in [2.75, 3.05) is 6.54 Å². The minimum absolute atomic E-state index is 0.105. The molecule has 0 spiro atoms. The van der Waals surface area contributed by atoms with Crippen molar-refractivity contribution < 1.29 is 24.6 Å². The Hall–Kier alpha value is -0.900. The second-order valence-electron chi connectivity index (χ2n) is 8.69. The Labute approximate surface area is 208 Å². The van der Waals surface area contributed by atoms with Gasteiger partial charge in [-0.05, 0) is 32.1 Å². The lowest BCUT2D eigenvalue weighted by atomic mass is 10.0. The predicted molar refractivity (Wildman–Crippen MR) is 137 cm³/mol. The zero-order valence-corrected chi connectivity index (χ0v) is 21.9. The van der Waals surface area contributed by atoms with Crippen LogP contribution in [0.1, 0.15) is 122 Å². The number of nitrogens with one attached hydrogen (secondary N) is 2. The molecule has 4 N–H and O–H groups in total. The minimum Gasteiger partial charge on any atom is -0.481 e. The number of unbranched alkanes of at least 4 members (excludes halogenated alkanes) is 14. The quantitative estimate of drug-likeness (QED) is 0.0646. The van der Waals surface area contributed by atoms with E-state index in [1.54, 1.807) is 0 Å². The third-order valence-corrected chi connectivity index (χ3v) is 6.47. The van der Waals surface area contributed by atoms with Gasteiger partial charge >= 0.3 is 11.9 Å². The van der Waals surface area contributed by atoms with E-state index >= 15 is 0 Å². The van der Waals surface area contributed by atoms with E-state index in [2.05, 4.69) is 8.85 Å². The van der Waals surface area contributed by atoms with Crippen molar-refractivity contribution in [1.82, 2.24) is 8.85 Å². The maximum Gasteiger partial charge on any atom is 0.321 e. The fraction of sp³-hybridized carbons (Fsp3) is 0.875. The number of carbonyl (C=O) groups excluding carboxylic acids is 1. The molecule has 0 rings (SSSR count). The molecule has 1 atom stereocenters. The summed E-state index contributed by atoms with van der Waals surface area (Å²) in [6, 6.07) is -0.514. The largest absolute Gasteiger partial charge is 0.481 e. The van der Waals surface area contributed by atoms with Gasteiger partial charge in [-0.25, -0.2) is 3.53 Å². The molecule has 8 heteroatoms. The number of carbonyl (C=O) groups is 3. The summed E-state index contributed by atoms with van der Waals surface area (Å²) < 4.78 is 2.74. The maximum absolute atomic E-state index is 11.8. The molecule has 0 saturated carbocycles. The Kier molecular flexibility index (Phi) is 22.6. The summed E-state index contributed by atoms with van der Waals surface area (Å²) in [6.07, 6.45) is 19.6. The first-order valence-electron chi connectivity index (χ1n) is 12.5.